The predicted molar refractivity (Wildman–Crippen MR) is 69.3 cm³/mol. The third-order valence-electron chi connectivity index (χ3n) is 3.59. The highest BCUT2D eigenvalue weighted by molar-refractivity contribution is 5.92. The van der Waals surface area contributed by atoms with E-state index in [1.807, 2.05) is 0 Å². The Morgan fingerprint density at radius 1 is 1.38 bits per heavy atom. The Balaban J connectivity index is 1.96. The van der Waals surface area contributed by atoms with Gasteiger partial charge < -0.3 is 10.0 Å². The molecule has 2 atom stereocenters. The number of H-pyrrole nitrogens is 1. The average molecular weight is 293 g/mol. The molecule has 1 fully saturated rings. The maximum Gasteiger partial charge on any atom is 0.272 e. The zero-order valence-electron chi connectivity index (χ0n) is 11.0. The number of benzene rings is 1. The molecule has 1 aliphatic heterocycles. The summed E-state index contributed by atoms with van der Waals surface area (Å²) in [6, 6.07) is 3.89. The Morgan fingerprint density at radius 3 is 2.90 bits per heavy atom. The molecule has 1 aromatic heterocycles. The predicted octanol–water partition coefficient (Wildman–Crippen LogP) is 1.64. The number of aromatic amines is 1. The van der Waals surface area contributed by atoms with Crippen LogP contribution in [0.2, 0.25) is 0 Å². The fourth-order valence-electron chi connectivity index (χ4n) is 2.63. The molecule has 2 heterocycles. The quantitative estimate of drug-likeness (QED) is 0.884. The fourth-order valence-corrected chi connectivity index (χ4v) is 2.63. The van der Waals surface area contributed by atoms with Gasteiger partial charge in [0.1, 0.15) is 17.3 Å². The third kappa shape index (κ3) is 2.52. The molecule has 2 unspecified atom stereocenters. The van der Waals surface area contributed by atoms with Crippen LogP contribution in [0.3, 0.4) is 0 Å². The van der Waals surface area contributed by atoms with Crippen molar-refractivity contribution in [1.82, 2.24) is 15.1 Å². The Labute approximate surface area is 119 Å². The van der Waals surface area contributed by atoms with Gasteiger partial charge in [-0.25, -0.2) is 8.78 Å². The third-order valence-corrected chi connectivity index (χ3v) is 3.59. The summed E-state index contributed by atoms with van der Waals surface area (Å²) in [5.41, 5.74) is 0.310. The number of halogens is 2. The Kier molecular flexibility index (Phi) is 3.42. The summed E-state index contributed by atoms with van der Waals surface area (Å²) in [7, 11) is 0. The topological polar surface area (TPSA) is 69.2 Å². The molecule has 7 heteroatoms. The van der Waals surface area contributed by atoms with Crippen LogP contribution in [0.4, 0.5) is 8.78 Å². The number of amides is 1. The molecule has 21 heavy (non-hydrogen) atoms. The number of aliphatic hydroxyl groups is 1. The van der Waals surface area contributed by atoms with Crippen LogP contribution in [0.5, 0.6) is 0 Å². The van der Waals surface area contributed by atoms with Crippen molar-refractivity contribution < 1.29 is 18.7 Å². The molecule has 5 nitrogen and oxygen atoms in total. The monoisotopic (exact) mass is 293 g/mol. The highest BCUT2D eigenvalue weighted by Gasteiger charge is 2.37. The molecular formula is C14H13F2N3O2. The summed E-state index contributed by atoms with van der Waals surface area (Å²) in [5.74, 6) is -1.59. The number of hydrogen-bond acceptors (Lipinski definition) is 3. The highest BCUT2D eigenvalue weighted by atomic mass is 19.1. The van der Waals surface area contributed by atoms with Gasteiger partial charge in [0, 0.05) is 18.3 Å². The van der Waals surface area contributed by atoms with E-state index >= 15 is 0 Å². The van der Waals surface area contributed by atoms with Gasteiger partial charge in [0.25, 0.3) is 5.91 Å². The van der Waals surface area contributed by atoms with Crippen LogP contribution in [0.1, 0.15) is 28.5 Å². The Morgan fingerprint density at radius 2 is 2.19 bits per heavy atom. The number of hydrogen-bond donors (Lipinski definition) is 2. The molecule has 0 aliphatic carbocycles. The number of aliphatic hydroxyl groups excluding tert-OH is 1. The van der Waals surface area contributed by atoms with Crippen molar-refractivity contribution in [3.63, 3.8) is 0 Å². The van der Waals surface area contributed by atoms with Gasteiger partial charge >= 0.3 is 0 Å². The number of carbonyl (C=O) groups is 1. The average Bonchev–Trinajstić information content (AvgIpc) is 3.10. The number of aromatic nitrogens is 2. The van der Waals surface area contributed by atoms with Crippen molar-refractivity contribution in [2.24, 2.45) is 0 Å². The van der Waals surface area contributed by atoms with Crippen LogP contribution < -0.4 is 0 Å². The molecule has 1 aromatic carbocycles. The maximum atomic E-state index is 13.9. The van der Waals surface area contributed by atoms with Crippen LogP contribution in [-0.2, 0) is 0 Å². The minimum absolute atomic E-state index is 0.0679. The molecule has 2 aromatic rings. The Hall–Kier alpha value is -2.28. The lowest BCUT2D eigenvalue weighted by Crippen LogP contribution is -2.32. The van der Waals surface area contributed by atoms with Crippen molar-refractivity contribution in [3.05, 3.63) is 53.4 Å². The van der Waals surface area contributed by atoms with Gasteiger partial charge in [-0.15, -0.1) is 0 Å². The minimum Gasteiger partial charge on any atom is -0.391 e. The summed E-state index contributed by atoms with van der Waals surface area (Å²) in [4.78, 5) is 13.7. The minimum atomic E-state index is -0.774. The van der Waals surface area contributed by atoms with Crippen molar-refractivity contribution in [1.29, 1.82) is 0 Å². The van der Waals surface area contributed by atoms with Crippen LogP contribution in [-0.4, -0.2) is 38.8 Å². The lowest BCUT2D eigenvalue weighted by molar-refractivity contribution is 0.0707. The van der Waals surface area contributed by atoms with Crippen molar-refractivity contribution in [2.45, 2.75) is 18.6 Å². The van der Waals surface area contributed by atoms with E-state index in [0.717, 1.165) is 18.2 Å². The second-order valence-corrected chi connectivity index (χ2v) is 5.00. The highest BCUT2D eigenvalue weighted by Crippen LogP contribution is 2.34. The van der Waals surface area contributed by atoms with Gasteiger partial charge in [0.15, 0.2) is 0 Å². The van der Waals surface area contributed by atoms with E-state index in [2.05, 4.69) is 10.2 Å². The fraction of sp³-hybridized carbons (Fsp3) is 0.286. The molecule has 3 rings (SSSR count). The van der Waals surface area contributed by atoms with E-state index in [4.69, 9.17) is 0 Å². The lowest BCUT2D eigenvalue weighted by Gasteiger charge is -2.24. The second-order valence-electron chi connectivity index (χ2n) is 5.00. The molecule has 0 bridgehead atoms. The molecule has 2 N–H and O–H groups in total. The summed E-state index contributed by atoms with van der Waals surface area (Å²) < 4.78 is 27.3. The number of β-amino-alcohol motifs (C(OH)–C–C–N with tert-alkyl or cyclic N) is 1. The summed E-state index contributed by atoms with van der Waals surface area (Å²) >= 11 is 0. The first kappa shape index (κ1) is 13.7. The number of nitrogens with zero attached hydrogens (tertiary/aromatic N) is 2. The number of likely N-dealkylation sites (tertiary alicyclic amines) is 1. The van der Waals surface area contributed by atoms with Crippen LogP contribution >= 0.6 is 0 Å². The largest absolute Gasteiger partial charge is 0.391 e. The van der Waals surface area contributed by atoms with E-state index in [1.54, 1.807) is 0 Å². The van der Waals surface area contributed by atoms with Gasteiger partial charge in [-0.2, -0.15) is 5.10 Å². The SMILES string of the molecule is O=C(c1ccn[nH]1)N1CC(O)CC1c1cc(F)ccc1F. The summed E-state index contributed by atoms with van der Waals surface area (Å²) in [6.07, 6.45) is 0.821. The van der Waals surface area contributed by atoms with Gasteiger partial charge in [-0.1, -0.05) is 0 Å². The van der Waals surface area contributed by atoms with Crippen molar-refractivity contribution >= 4 is 5.91 Å². The zero-order chi connectivity index (χ0) is 15.0. The van der Waals surface area contributed by atoms with E-state index in [1.165, 1.54) is 17.2 Å². The standard InChI is InChI=1S/C14H13F2N3O2/c15-8-1-2-11(16)10(5-8)13-6-9(20)7-19(13)14(21)12-3-4-17-18-12/h1-5,9,13,20H,6-7H2,(H,17,18). The van der Waals surface area contributed by atoms with E-state index < -0.39 is 29.7 Å². The summed E-state index contributed by atoms with van der Waals surface area (Å²) in [5, 5.41) is 16.0. The maximum absolute atomic E-state index is 13.9. The Bertz CT molecular complexity index is 660. The number of carbonyl (C=O) groups excluding carboxylic acids is 1. The second kappa shape index (κ2) is 5.25. The number of rotatable bonds is 2. The molecule has 110 valence electrons. The van der Waals surface area contributed by atoms with E-state index in [-0.39, 0.29) is 24.2 Å². The molecule has 1 aliphatic rings. The first-order valence-electron chi connectivity index (χ1n) is 6.49. The smallest absolute Gasteiger partial charge is 0.272 e. The van der Waals surface area contributed by atoms with Crippen LogP contribution in [0, 0.1) is 11.6 Å². The lowest BCUT2D eigenvalue weighted by atomic mass is 10.0. The van der Waals surface area contributed by atoms with Crippen molar-refractivity contribution in [2.75, 3.05) is 6.54 Å². The first-order chi connectivity index (χ1) is 10.1. The van der Waals surface area contributed by atoms with Crippen LogP contribution in [0.25, 0.3) is 0 Å². The van der Waals surface area contributed by atoms with E-state index in [9.17, 15) is 18.7 Å². The zero-order valence-corrected chi connectivity index (χ0v) is 11.0. The normalized spacial score (nSPS) is 21.8. The first-order valence-corrected chi connectivity index (χ1v) is 6.49. The molecule has 0 spiro atoms. The van der Waals surface area contributed by atoms with Gasteiger partial charge in [0.2, 0.25) is 0 Å². The molecular weight excluding hydrogens is 280 g/mol. The van der Waals surface area contributed by atoms with Crippen LogP contribution in [0.15, 0.2) is 30.5 Å². The molecule has 1 amide bonds. The molecule has 1 saturated heterocycles. The van der Waals surface area contributed by atoms with Crippen molar-refractivity contribution in [3.8, 4) is 0 Å². The summed E-state index contributed by atoms with van der Waals surface area (Å²) in [6.45, 7) is 0.0679. The van der Waals surface area contributed by atoms with Gasteiger partial charge in [-0.05, 0) is 30.7 Å². The molecule has 0 radical (unpaired) electrons. The molecule has 0 saturated carbocycles. The van der Waals surface area contributed by atoms with E-state index in [0.29, 0.717) is 0 Å². The number of nitrogens with one attached hydrogen (secondary N) is 1. The van der Waals surface area contributed by atoms with Gasteiger partial charge in [-0.3, -0.25) is 9.89 Å². The van der Waals surface area contributed by atoms with Gasteiger partial charge in [0.05, 0.1) is 12.1 Å².